The Morgan fingerprint density at radius 3 is 2.62 bits per heavy atom. The molecule has 1 rings (SSSR count). The minimum Gasteiger partial charge on any atom is -0.478 e. The second-order valence-electron chi connectivity index (χ2n) is 4.04. The van der Waals surface area contributed by atoms with E-state index < -0.39 is 20.9 Å². The number of hydrogen-bond acceptors (Lipinski definition) is 6. The molecule has 1 aromatic carbocycles. The molecule has 0 bridgehead atoms. The van der Waals surface area contributed by atoms with E-state index in [2.05, 4.69) is 10.0 Å². The molecule has 0 saturated carbocycles. The van der Waals surface area contributed by atoms with Crippen LogP contribution in [-0.4, -0.2) is 43.3 Å². The van der Waals surface area contributed by atoms with Crippen LogP contribution in [0.1, 0.15) is 17.3 Å². The molecule has 0 fully saturated rings. The van der Waals surface area contributed by atoms with Crippen LogP contribution in [0.2, 0.25) is 0 Å². The first-order valence-electron chi connectivity index (χ1n) is 5.99. The fraction of sp³-hybridized carbons (Fsp3) is 0.364. The maximum absolute atomic E-state index is 11.4. The number of aromatic carboxylic acids is 1. The Kier molecular flexibility index (Phi) is 5.61. The molecule has 21 heavy (non-hydrogen) atoms. The van der Waals surface area contributed by atoms with Crippen LogP contribution in [0.5, 0.6) is 0 Å². The summed E-state index contributed by atoms with van der Waals surface area (Å²) in [7, 11) is -3.46. The molecule has 0 aromatic heterocycles. The number of nitro benzene ring substituents is 1. The van der Waals surface area contributed by atoms with Crippen molar-refractivity contribution < 1.29 is 23.2 Å². The average molecular weight is 317 g/mol. The Morgan fingerprint density at radius 2 is 2.10 bits per heavy atom. The van der Waals surface area contributed by atoms with Crippen molar-refractivity contribution in [3.8, 4) is 0 Å². The number of carboxylic acids is 1. The van der Waals surface area contributed by atoms with Gasteiger partial charge in [0, 0.05) is 25.2 Å². The molecule has 10 heteroatoms. The van der Waals surface area contributed by atoms with Crippen LogP contribution in [0.15, 0.2) is 18.2 Å². The van der Waals surface area contributed by atoms with E-state index in [4.69, 9.17) is 5.11 Å². The zero-order chi connectivity index (χ0) is 16.0. The van der Waals surface area contributed by atoms with Gasteiger partial charge in [-0.25, -0.2) is 17.9 Å². The fourth-order valence-electron chi connectivity index (χ4n) is 1.59. The lowest BCUT2D eigenvalue weighted by Crippen LogP contribution is -2.29. The number of nitrogens with zero attached hydrogens (tertiary/aromatic N) is 1. The molecule has 0 heterocycles. The zero-order valence-electron chi connectivity index (χ0n) is 11.2. The summed E-state index contributed by atoms with van der Waals surface area (Å²) in [5.74, 6) is -1.54. The van der Waals surface area contributed by atoms with E-state index in [-0.39, 0.29) is 35.8 Å². The van der Waals surface area contributed by atoms with E-state index in [0.29, 0.717) is 0 Å². The summed E-state index contributed by atoms with van der Waals surface area (Å²) in [6.45, 7) is 1.81. The van der Waals surface area contributed by atoms with Crippen LogP contribution in [0.3, 0.4) is 0 Å². The van der Waals surface area contributed by atoms with Gasteiger partial charge in [0.05, 0.1) is 21.9 Å². The van der Waals surface area contributed by atoms with Crippen molar-refractivity contribution >= 4 is 27.4 Å². The summed E-state index contributed by atoms with van der Waals surface area (Å²) in [4.78, 5) is 21.0. The topological polar surface area (TPSA) is 139 Å². The highest BCUT2D eigenvalue weighted by atomic mass is 32.2. The van der Waals surface area contributed by atoms with Crippen LogP contribution < -0.4 is 10.0 Å². The monoisotopic (exact) mass is 317 g/mol. The van der Waals surface area contributed by atoms with Crippen LogP contribution in [-0.2, 0) is 10.0 Å². The third kappa shape index (κ3) is 5.00. The van der Waals surface area contributed by atoms with Gasteiger partial charge >= 0.3 is 5.97 Å². The number of nitrogens with one attached hydrogen (secondary N) is 2. The van der Waals surface area contributed by atoms with Crippen molar-refractivity contribution in [2.75, 3.05) is 24.2 Å². The third-order valence-electron chi connectivity index (χ3n) is 2.49. The SMILES string of the molecule is CCNS(=O)(=O)CCNc1cc([N+](=O)[O-])ccc1C(=O)O. The van der Waals surface area contributed by atoms with Gasteiger partial charge in [-0.05, 0) is 6.07 Å². The van der Waals surface area contributed by atoms with Gasteiger partial charge in [-0.3, -0.25) is 10.1 Å². The number of carboxylic acid groups (broad SMARTS) is 1. The van der Waals surface area contributed by atoms with E-state index in [1.165, 1.54) is 0 Å². The first kappa shape index (κ1) is 16.9. The highest BCUT2D eigenvalue weighted by molar-refractivity contribution is 7.89. The first-order valence-corrected chi connectivity index (χ1v) is 7.65. The predicted molar refractivity (Wildman–Crippen MR) is 76.0 cm³/mol. The Hall–Kier alpha value is -2.20. The van der Waals surface area contributed by atoms with E-state index in [1.807, 2.05) is 0 Å². The van der Waals surface area contributed by atoms with E-state index in [0.717, 1.165) is 18.2 Å². The number of carbonyl (C=O) groups is 1. The Bertz CT molecular complexity index is 643. The van der Waals surface area contributed by atoms with E-state index in [9.17, 15) is 23.3 Å². The average Bonchev–Trinajstić information content (AvgIpc) is 2.37. The van der Waals surface area contributed by atoms with Crippen molar-refractivity contribution in [2.45, 2.75) is 6.92 Å². The molecular weight excluding hydrogens is 302 g/mol. The number of sulfonamides is 1. The van der Waals surface area contributed by atoms with Gasteiger partial charge in [-0.1, -0.05) is 6.92 Å². The molecule has 0 radical (unpaired) electrons. The number of benzene rings is 1. The molecule has 116 valence electrons. The molecule has 0 spiro atoms. The summed E-state index contributed by atoms with van der Waals surface area (Å²) in [6, 6.07) is 3.23. The normalized spacial score (nSPS) is 11.1. The highest BCUT2D eigenvalue weighted by Gasteiger charge is 2.16. The molecule has 0 aliphatic carbocycles. The quantitative estimate of drug-likeness (QED) is 0.472. The Morgan fingerprint density at radius 1 is 1.43 bits per heavy atom. The minimum absolute atomic E-state index is 0.00315. The lowest BCUT2D eigenvalue weighted by Gasteiger charge is -2.10. The highest BCUT2D eigenvalue weighted by Crippen LogP contribution is 2.22. The van der Waals surface area contributed by atoms with Crippen molar-refractivity contribution in [1.29, 1.82) is 0 Å². The number of hydrogen-bond donors (Lipinski definition) is 3. The summed E-state index contributed by atoms with van der Waals surface area (Å²) < 4.78 is 25.2. The Balaban J connectivity index is 2.88. The molecule has 0 aliphatic heterocycles. The van der Waals surface area contributed by atoms with Gasteiger partial charge in [0.1, 0.15) is 0 Å². The summed E-state index contributed by atoms with van der Waals surface area (Å²) in [5, 5.41) is 22.3. The van der Waals surface area contributed by atoms with Crippen molar-refractivity contribution in [2.24, 2.45) is 0 Å². The molecule has 0 atom stereocenters. The largest absolute Gasteiger partial charge is 0.478 e. The van der Waals surface area contributed by atoms with E-state index in [1.54, 1.807) is 6.92 Å². The smallest absolute Gasteiger partial charge is 0.337 e. The lowest BCUT2D eigenvalue weighted by atomic mass is 10.1. The summed E-state index contributed by atoms with van der Waals surface area (Å²) >= 11 is 0. The van der Waals surface area contributed by atoms with Gasteiger partial charge in [0.15, 0.2) is 0 Å². The van der Waals surface area contributed by atoms with Gasteiger partial charge in [0.2, 0.25) is 10.0 Å². The molecule has 9 nitrogen and oxygen atoms in total. The Labute approximate surface area is 121 Å². The van der Waals surface area contributed by atoms with Crippen LogP contribution >= 0.6 is 0 Å². The van der Waals surface area contributed by atoms with Gasteiger partial charge in [0.25, 0.3) is 5.69 Å². The summed E-state index contributed by atoms with van der Waals surface area (Å²) in [6.07, 6.45) is 0. The summed E-state index contributed by atoms with van der Waals surface area (Å²) in [5.41, 5.74) is -0.443. The van der Waals surface area contributed by atoms with Crippen LogP contribution in [0, 0.1) is 10.1 Å². The van der Waals surface area contributed by atoms with Crippen molar-refractivity contribution in [1.82, 2.24) is 4.72 Å². The van der Waals surface area contributed by atoms with Crippen molar-refractivity contribution in [3.63, 3.8) is 0 Å². The molecule has 0 aliphatic rings. The predicted octanol–water partition coefficient (Wildman–Crippen LogP) is 0.644. The van der Waals surface area contributed by atoms with E-state index >= 15 is 0 Å². The number of rotatable bonds is 8. The number of non-ortho nitro benzene ring substituents is 1. The third-order valence-corrected chi connectivity index (χ3v) is 3.96. The molecule has 1 aromatic rings. The lowest BCUT2D eigenvalue weighted by molar-refractivity contribution is -0.384. The maximum Gasteiger partial charge on any atom is 0.337 e. The van der Waals surface area contributed by atoms with Gasteiger partial charge in [-0.2, -0.15) is 0 Å². The molecule has 3 N–H and O–H groups in total. The molecule has 0 amide bonds. The van der Waals surface area contributed by atoms with Gasteiger partial charge < -0.3 is 10.4 Å². The number of nitro groups is 1. The van der Waals surface area contributed by atoms with Crippen LogP contribution in [0.25, 0.3) is 0 Å². The maximum atomic E-state index is 11.4. The molecule has 0 saturated heterocycles. The second-order valence-corrected chi connectivity index (χ2v) is 5.96. The van der Waals surface area contributed by atoms with Crippen LogP contribution in [0.4, 0.5) is 11.4 Å². The minimum atomic E-state index is -3.46. The molecule has 0 unspecified atom stereocenters. The second kappa shape index (κ2) is 6.99. The zero-order valence-corrected chi connectivity index (χ0v) is 12.0. The van der Waals surface area contributed by atoms with Gasteiger partial charge in [-0.15, -0.1) is 0 Å². The standard InChI is InChI=1S/C11H15N3O6S/c1-2-13-21(19,20)6-5-12-10-7-8(14(17)18)3-4-9(10)11(15)16/h3-4,7,12-13H,2,5-6H2,1H3,(H,15,16). The number of anilines is 1. The fourth-order valence-corrected chi connectivity index (χ4v) is 2.55. The first-order chi connectivity index (χ1) is 9.76. The molecular formula is C11H15N3O6S. The van der Waals surface area contributed by atoms with Crippen molar-refractivity contribution in [3.05, 3.63) is 33.9 Å².